The number of rotatable bonds is 6. The molecule has 0 bridgehead atoms. The number of aromatic nitrogens is 3. The van der Waals surface area contributed by atoms with Crippen LogP contribution in [0, 0.1) is 5.82 Å². The third-order valence-electron chi connectivity index (χ3n) is 3.00. The molecule has 0 unspecified atom stereocenters. The number of benzene rings is 1. The first-order valence-electron chi connectivity index (χ1n) is 6.78. The van der Waals surface area contributed by atoms with Crippen molar-refractivity contribution in [3.8, 4) is 11.4 Å². The smallest absolute Gasteiger partial charge is 0.163 e. The van der Waals surface area contributed by atoms with Crippen molar-refractivity contribution >= 4 is 24.0 Å². The van der Waals surface area contributed by atoms with E-state index in [4.69, 9.17) is 4.74 Å². The summed E-state index contributed by atoms with van der Waals surface area (Å²) in [6.45, 7) is 7.88. The molecular weight excluding hydrogens is 353 g/mol. The number of nitrogens with zero attached hydrogens (tertiary/aromatic N) is 3. The van der Waals surface area contributed by atoms with Crippen molar-refractivity contribution in [1.29, 1.82) is 0 Å². The highest BCUT2D eigenvalue weighted by Gasteiger charge is 2.14. The molecule has 0 aliphatic carbocycles. The maximum absolute atomic E-state index is 14.0. The van der Waals surface area contributed by atoms with Crippen molar-refractivity contribution in [3.05, 3.63) is 34.8 Å². The van der Waals surface area contributed by atoms with Crippen molar-refractivity contribution in [3.63, 3.8) is 0 Å². The second-order valence-corrected chi connectivity index (χ2v) is 12.6. The Balaban J connectivity index is 2.05. The van der Waals surface area contributed by atoms with E-state index in [-0.39, 0.29) is 12.5 Å². The van der Waals surface area contributed by atoms with E-state index in [9.17, 15) is 4.39 Å². The molecule has 2 aromatic rings. The quantitative estimate of drug-likeness (QED) is 0.565. The molecule has 21 heavy (non-hydrogen) atoms. The lowest BCUT2D eigenvalue weighted by Crippen LogP contribution is -2.22. The summed E-state index contributed by atoms with van der Waals surface area (Å²) in [5, 5.41) is 4.10. The summed E-state index contributed by atoms with van der Waals surface area (Å²) in [4.78, 5) is 4.13. The van der Waals surface area contributed by atoms with Gasteiger partial charge >= 0.3 is 0 Å². The molecule has 0 aliphatic rings. The van der Waals surface area contributed by atoms with Gasteiger partial charge in [-0.15, -0.1) is 0 Å². The highest BCUT2D eigenvalue weighted by Crippen LogP contribution is 2.23. The van der Waals surface area contributed by atoms with Gasteiger partial charge in [0.2, 0.25) is 0 Å². The van der Waals surface area contributed by atoms with Crippen LogP contribution in [0.4, 0.5) is 4.39 Å². The van der Waals surface area contributed by atoms with Crippen LogP contribution in [0.5, 0.6) is 0 Å². The van der Waals surface area contributed by atoms with Crippen LogP contribution in [0.25, 0.3) is 11.4 Å². The van der Waals surface area contributed by atoms with Crippen LogP contribution < -0.4 is 0 Å². The SMILES string of the molecule is C[Si](C)(C)CCOCn1ncnc1-c1ccc(Br)cc1F. The minimum Gasteiger partial charge on any atom is -0.359 e. The zero-order valence-electron chi connectivity index (χ0n) is 12.4. The summed E-state index contributed by atoms with van der Waals surface area (Å²) >= 11 is 3.24. The van der Waals surface area contributed by atoms with Crippen LogP contribution in [-0.2, 0) is 11.5 Å². The molecule has 0 N–H and O–H groups in total. The Morgan fingerprint density at radius 1 is 1.33 bits per heavy atom. The van der Waals surface area contributed by atoms with E-state index >= 15 is 0 Å². The van der Waals surface area contributed by atoms with E-state index in [1.165, 1.54) is 12.4 Å². The van der Waals surface area contributed by atoms with Gasteiger partial charge in [0, 0.05) is 19.2 Å². The minimum atomic E-state index is -1.11. The monoisotopic (exact) mass is 371 g/mol. The lowest BCUT2D eigenvalue weighted by molar-refractivity contribution is 0.0796. The molecule has 0 atom stereocenters. The molecule has 0 saturated heterocycles. The molecule has 0 aliphatic heterocycles. The molecule has 1 heterocycles. The van der Waals surface area contributed by atoms with Gasteiger partial charge in [-0.1, -0.05) is 35.6 Å². The highest BCUT2D eigenvalue weighted by molar-refractivity contribution is 9.10. The lowest BCUT2D eigenvalue weighted by Gasteiger charge is -2.15. The molecule has 0 amide bonds. The molecule has 0 radical (unpaired) electrons. The predicted octanol–water partition coefficient (Wildman–Crippen LogP) is 4.16. The molecular formula is C14H19BrFN3OSi. The average molecular weight is 372 g/mol. The van der Waals surface area contributed by atoms with Crippen molar-refractivity contribution in [2.45, 2.75) is 32.4 Å². The van der Waals surface area contributed by atoms with Gasteiger partial charge in [-0.2, -0.15) is 5.10 Å². The number of halogens is 2. The normalized spacial score (nSPS) is 11.9. The van der Waals surface area contributed by atoms with Crippen molar-refractivity contribution in [2.75, 3.05) is 6.61 Å². The molecule has 0 fully saturated rings. The molecule has 2 rings (SSSR count). The first-order valence-corrected chi connectivity index (χ1v) is 11.3. The standard InChI is InChI=1S/C14H19BrFN3OSi/c1-21(2,3)7-6-20-10-19-14(17-9-18-19)12-5-4-11(15)8-13(12)16/h4-5,8-9H,6-7,10H2,1-3H3. The van der Waals surface area contributed by atoms with E-state index < -0.39 is 8.07 Å². The molecule has 7 heteroatoms. The van der Waals surface area contributed by atoms with Crippen molar-refractivity contribution in [1.82, 2.24) is 14.8 Å². The molecule has 0 saturated carbocycles. The number of hydrogen-bond acceptors (Lipinski definition) is 3. The first kappa shape index (κ1) is 16.3. The van der Waals surface area contributed by atoms with Crippen LogP contribution >= 0.6 is 15.9 Å². The highest BCUT2D eigenvalue weighted by atomic mass is 79.9. The molecule has 114 valence electrons. The molecule has 4 nitrogen and oxygen atoms in total. The Hall–Kier alpha value is -1.05. The van der Waals surface area contributed by atoms with E-state index in [2.05, 4.69) is 45.7 Å². The third kappa shape index (κ3) is 4.72. The van der Waals surface area contributed by atoms with Gasteiger partial charge in [-0.3, -0.25) is 0 Å². The Morgan fingerprint density at radius 2 is 2.10 bits per heavy atom. The predicted molar refractivity (Wildman–Crippen MR) is 87.2 cm³/mol. The molecule has 1 aromatic carbocycles. The second-order valence-electron chi connectivity index (χ2n) is 6.06. The fourth-order valence-corrected chi connectivity index (χ4v) is 2.86. The maximum Gasteiger partial charge on any atom is 0.163 e. The average Bonchev–Trinajstić information content (AvgIpc) is 2.82. The maximum atomic E-state index is 14.0. The topological polar surface area (TPSA) is 39.9 Å². The molecule has 0 spiro atoms. The summed E-state index contributed by atoms with van der Waals surface area (Å²) in [6.07, 6.45) is 1.42. The van der Waals surface area contributed by atoms with Crippen LogP contribution in [0.3, 0.4) is 0 Å². The van der Waals surface area contributed by atoms with E-state index in [1.807, 2.05) is 0 Å². The van der Waals surface area contributed by atoms with Crippen LogP contribution in [0.15, 0.2) is 29.0 Å². The summed E-state index contributed by atoms with van der Waals surface area (Å²) in [5.74, 6) is 0.147. The number of ether oxygens (including phenoxy) is 1. The van der Waals surface area contributed by atoms with Gasteiger partial charge in [0.1, 0.15) is 18.9 Å². The van der Waals surface area contributed by atoms with Crippen LogP contribution in [-0.4, -0.2) is 29.4 Å². The van der Waals surface area contributed by atoms with E-state index in [0.29, 0.717) is 22.5 Å². The van der Waals surface area contributed by atoms with Gasteiger partial charge in [0.15, 0.2) is 5.82 Å². The Kier molecular flexibility index (Phi) is 5.29. The van der Waals surface area contributed by atoms with Crippen LogP contribution in [0.2, 0.25) is 25.7 Å². The van der Waals surface area contributed by atoms with Gasteiger partial charge in [-0.25, -0.2) is 14.1 Å². The summed E-state index contributed by atoms with van der Waals surface area (Å²) in [6, 6.07) is 5.97. The Morgan fingerprint density at radius 3 is 2.76 bits per heavy atom. The van der Waals surface area contributed by atoms with Crippen molar-refractivity contribution in [2.24, 2.45) is 0 Å². The van der Waals surface area contributed by atoms with Gasteiger partial charge in [-0.05, 0) is 24.2 Å². The van der Waals surface area contributed by atoms with Gasteiger partial charge < -0.3 is 4.74 Å². The number of hydrogen-bond donors (Lipinski definition) is 0. The fraction of sp³-hybridized carbons (Fsp3) is 0.429. The van der Waals surface area contributed by atoms with Gasteiger partial charge in [0.25, 0.3) is 0 Å². The second kappa shape index (κ2) is 6.80. The Labute approximate surface area is 133 Å². The van der Waals surface area contributed by atoms with Crippen molar-refractivity contribution < 1.29 is 9.13 Å². The zero-order valence-corrected chi connectivity index (χ0v) is 15.0. The van der Waals surface area contributed by atoms with E-state index in [0.717, 1.165) is 6.04 Å². The fourth-order valence-electron chi connectivity index (χ4n) is 1.77. The van der Waals surface area contributed by atoms with E-state index in [1.54, 1.807) is 16.8 Å². The minimum absolute atomic E-state index is 0.287. The Bertz CT molecular complexity index is 613. The summed E-state index contributed by atoms with van der Waals surface area (Å²) in [5.41, 5.74) is 0.421. The molecule has 1 aromatic heterocycles. The zero-order chi connectivity index (χ0) is 15.5. The summed E-state index contributed by atoms with van der Waals surface area (Å²) < 4.78 is 21.9. The third-order valence-corrected chi connectivity index (χ3v) is 5.19. The lowest BCUT2D eigenvalue weighted by atomic mass is 10.2. The first-order chi connectivity index (χ1) is 9.87. The van der Waals surface area contributed by atoms with Crippen LogP contribution in [0.1, 0.15) is 0 Å². The van der Waals surface area contributed by atoms with Gasteiger partial charge in [0.05, 0.1) is 5.56 Å². The largest absolute Gasteiger partial charge is 0.359 e. The summed E-state index contributed by atoms with van der Waals surface area (Å²) in [7, 11) is -1.11.